The van der Waals surface area contributed by atoms with Crippen LogP contribution in [0.5, 0.6) is 0 Å². The molecule has 6 rings (SSSR count). The van der Waals surface area contributed by atoms with Crippen LogP contribution in [-0.4, -0.2) is 91.6 Å². The second kappa shape index (κ2) is 12.8. The highest BCUT2D eigenvalue weighted by Crippen LogP contribution is 2.32. The molecule has 0 aliphatic carbocycles. The van der Waals surface area contributed by atoms with Crippen molar-refractivity contribution in [2.24, 2.45) is 0 Å². The van der Waals surface area contributed by atoms with Crippen molar-refractivity contribution in [1.82, 2.24) is 39.2 Å². The Labute approximate surface area is 258 Å². The third-order valence-electron chi connectivity index (χ3n) is 9.25. The quantitative estimate of drug-likeness (QED) is 0.264. The van der Waals surface area contributed by atoms with Crippen LogP contribution in [0.2, 0.25) is 0 Å². The first-order valence-corrected chi connectivity index (χ1v) is 15.8. The molecule has 11 heteroatoms. The maximum atomic E-state index is 15.1. The fraction of sp³-hybridized carbons (Fsp3) is 0.515. The molecule has 2 aliphatic heterocycles. The van der Waals surface area contributed by atoms with Gasteiger partial charge in [-0.25, -0.2) is 28.7 Å². The number of aryl methyl sites for hydroxylation is 1. The second-order valence-electron chi connectivity index (χ2n) is 12.5. The number of halogens is 2. The summed E-state index contributed by atoms with van der Waals surface area (Å²) in [4.78, 5) is 25.3. The fourth-order valence-electron chi connectivity index (χ4n) is 6.93. The zero-order valence-corrected chi connectivity index (χ0v) is 26.4. The topological polar surface area (TPSA) is 78.2 Å². The van der Waals surface area contributed by atoms with Gasteiger partial charge in [0.2, 0.25) is 5.95 Å². The molecule has 1 N–H and O–H groups in total. The molecule has 0 spiro atoms. The Bertz CT molecular complexity index is 1590. The van der Waals surface area contributed by atoms with E-state index in [0.29, 0.717) is 34.8 Å². The first-order valence-electron chi connectivity index (χ1n) is 15.8. The molecule has 2 aliphatic rings. The number of rotatable bonds is 8. The van der Waals surface area contributed by atoms with E-state index >= 15 is 4.39 Å². The van der Waals surface area contributed by atoms with Crippen LogP contribution in [0.1, 0.15) is 63.5 Å². The lowest BCUT2D eigenvalue weighted by atomic mass is 9.97. The molecule has 5 heterocycles. The minimum absolute atomic E-state index is 0.0140. The predicted octanol–water partition coefficient (Wildman–Crippen LogP) is 5.96. The third-order valence-corrected chi connectivity index (χ3v) is 9.25. The van der Waals surface area contributed by atoms with Crippen molar-refractivity contribution in [3.05, 3.63) is 59.7 Å². The van der Waals surface area contributed by atoms with Crippen molar-refractivity contribution >= 4 is 22.8 Å². The summed E-state index contributed by atoms with van der Waals surface area (Å²) in [6.07, 6.45) is 6.42. The van der Waals surface area contributed by atoms with E-state index in [9.17, 15) is 4.39 Å². The lowest BCUT2D eigenvalue weighted by Crippen LogP contribution is -2.52. The molecule has 9 nitrogen and oxygen atoms in total. The smallest absolute Gasteiger partial charge is 0.229 e. The average Bonchev–Trinajstić information content (AvgIpc) is 3.36. The highest BCUT2D eigenvalue weighted by Gasteiger charge is 2.30. The van der Waals surface area contributed by atoms with Gasteiger partial charge in [-0.15, -0.1) is 0 Å². The molecule has 1 aromatic carbocycles. The van der Waals surface area contributed by atoms with Gasteiger partial charge in [0, 0.05) is 69.2 Å². The molecule has 4 aromatic rings. The average molecular weight is 604 g/mol. The van der Waals surface area contributed by atoms with Crippen molar-refractivity contribution < 1.29 is 8.78 Å². The highest BCUT2D eigenvalue weighted by molar-refractivity contribution is 5.83. The van der Waals surface area contributed by atoms with Crippen molar-refractivity contribution in [1.29, 1.82) is 0 Å². The molecule has 2 fully saturated rings. The lowest BCUT2D eigenvalue weighted by Gasteiger charge is -2.43. The summed E-state index contributed by atoms with van der Waals surface area (Å²) in [5, 5.41) is 3.10. The Balaban J connectivity index is 1.15. The van der Waals surface area contributed by atoms with Gasteiger partial charge in [-0.2, -0.15) is 0 Å². The van der Waals surface area contributed by atoms with Gasteiger partial charge >= 0.3 is 0 Å². The summed E-state index contributed by atoms with van der Waals surface area (Å²) < 4.78 is 32.0. The summed E-state index contributed by atoms with van der Waals surface area (Å²) >= 11 is 0. The van der Waals surface area contributed by atoms with Crippen LogP contribution in [0.25, 0.3) is 22.3 Å². The zero-order chi connectivity index (χ0) is 31.0. The number of hydrogen-bond donors (Lipinski definition) is 1. The lowest BCUT2D eigenvalue weighted by molar-refractivity contribution is 0.0529. The highest BCUT2D eigenvalue weighted by atomic mass is 19.1. The van der Waals surface area contributed by atoms with E-state index in [1.54, 1.807) is 6.07 Å². The Morgan fingerprint density at radius 1 is 0.932 bits per heavy atom. The number of anilines is 2. The number of piperidine rings is 1. The summed E-state index contributed by atoms with van der Waals surface area (Å²) in [7, 11) is 2.21. The first kappa shape index (κ1) is 30.5. The number of nitrogens with one attached hydrogen (secondary N) is 1. The summed E-state index contributed by atoms with van der Waals surface area (Å²) in [6.45, 7) is 14.9. The van der Waals surface area contributed by atoms with Crippen LogP contribution < -0.4 is 5.32 Å². The maximum absolute atomic E-state index is 15.1. The Morgan fingerprint density at radius 2 is 1.68 bits per heavy atom. The number of benzene rings is 1. The number of imidazole rings is 1. The standard InChI is InChI=1S/C33H43F2N9/c1-6-28(43-11-9-25(10-12-43)42-15-13-41(5)14-16-42)23-7-8-30(36-19-23)39-33-37-20-27(35)31(40-33)24-17-26(34)32-29(18-24)44(21(2)3)22(4)38-32/h7-8,17-21,25,28H,6,9-16H2,1-5H3,(H,36,37,39,40)/t28-/m0/s1. The van der Waals surface area contributed by atoms with Gasteiger partial charge in [0.15, 0.2) is 11.6 Å². The van der Waals surface area contributed by atoms with Crippen molar-refractivity contribution in [3.8, 4) is 11.3 Å². The van der Waals surface area contributed by atoms with E-state index in [4.69, 9.17) is 0 Å². The number of likely N-dealkylation sites (N-methyl/N-ethyl adjacent to an activating group) is 1. The number of aromatic nitrogens is 5. The molecule has 0 saturated carbocycles. The maximum Gasteiger partial charge on any atom is 0.229 e. The van der Waals surface area contributed by atoms with E-state index in [1.807, 2.05) is 37.6 Å². The molecule has 44 heavy (non-hydrogen) atoms. The molecule has 0 radical (unpaired) electrons. The molecule has 0 amide bonds. The molecular weight excluding hydrogens is 560 g/mol. The van der Waals surface area contributed by atoms with Crippen LogP contribution >= 0.6 is 0 Å². The van der Waals surface area contributed by atoms with E-state index in [2.05, 4.69) is 60.0 Å². The van der Waals surface area contributed by atoms with Crippen molar-refractivity contribution in [2.45, 2.75) is 65.1 Å². The van der Waals surface area contributed by atoms with E-state index < -0.39 is 11.6 Å². The number of hydrogen-bond acceptors (Lipinski definition) is 8. The molecule has 2 saturated heterocycles. The summed E-state index contributed by atoms with van der Waals surface area (Å²) in [5.41, 5.74) is 2.39. The molecule has 3 aromatic heterocycles. The summed E-state index contributed by atoms with van der Waals surface area (Å²) in [6, 6.07) is 8.09. The van der Waals surface area contributed by atoms with Gasteiger partial charge in [0.25, 0.3) is 0 Å². The first-order chi connectivity index (χ1) is 21.2. The van der Waals surface area contributed by atoms with Crippen LogP contribution in [0.4, 0.5) is 20.5 Å². The largest absolute Gasteiger partial charge is 0.326 e. The number of pyridine rings is 1. The summed E-state index contributed by atoms with van der Waals surface area (Å²) in [5.74, 6) is 0.302. The van der Waals surface area contributed by atoms with Crippen molar-refractivity contribution in [2.75, 3.05) is 51.6 Å². The Hall–Kier alpha value is -3.54. The van der Waals surface area contributed by atoms with Gasteiger partial charge < -0.3 is 14.8 Å². The van der Waals surface area contributed by atoms with Crippen LogP contribution in [0.3, 0.4) is 0 Å². The van der Waals surface area contributed by atoms with E-state index in [1.165, 1.54) is 37.6 Å². The minimum Gasteiger partial charge on any atom is -0.326 e. The third kappa shape index (κ3) is 6.18. The van der Waals surface area contributed by atoms with Gasteiger partial charge in [0.05, 0.1) is 11.7 Å². The number of piperazine rings is 1. The van der Waals surface area contributed by atoms with Gasteiger partial charge in [-0.1, -0.05) is 13.0 Å². The van der Waals surface area contributed by atoms with Crippen molar-refractivity contribution in [3.63, 3.8) is 0 Å². The van der Waals surface area contributed by atoms with E-state index in [-0.39, 0.29) is 23.2 Å². The van der Waals surface area contributed by atoms with Gasteiger partial charge in [-0.05, 0) is 70.8 Å². The minimum atomic E-state index is -0.632. The number of nitrogens with zero attached hydrogens (tertiary/aromatic N) is 8. The van der Waals surface area contributed by atoms with E-state index in [0.717, 1.165) is 38.8 Å². The monoisotopic (exact) mass is 603 g/mol. The normalized spacial score (nSPS) is 18.4. The van der Waals surface area contributed by atoms with Gasteiger partial charge in [0.1, 0.15) is 22.9 Å². The number of likely N-dealkylation sites (tertiary alicyclic amines) is 1. The second-order valence-corrected chi connectivity index (χ2v) is 12.5. The Kier molecular flexibility index (Phi) is 8.89. The zero-order valence-electron chi connectivity index (χ0n) is 26.4. The number of fused-ring (bicyclic) bond motifs is 1. The fourth-order valence-corrected chi connectivity index (χ4v) is 6.93. The molecule has 1 atom stereocenters. The molecule has 0 unspecified atom stereocenters. The molecule has 234 valence electrons. The van der Waals surface area contributed by atoms with Crippen LogP contribution in [0.15, 0.2) is 36.7 Å². The van der Waals surface area contributed by atoms with Crippen LogP contribution in [0, 0.1) is 18.6 Å². The molecule has 0 bridgehead atoms. The van der Waals surface area contributed by atoms with Gasteiger partial charge in [-0.3, -0.25) is 9.80 Å². The van der Waals surface area contributed by atoms with Crippen LogP contribution in [-0.2, 0) is 0 Å². The molecular formula is C33H43F2N9. The SMILES string of the molecule is CC[C@@H](c1ccc(Nc2ncc(F)c(-c3cc(F)c4nc(C)n(C(C)C)c4c3)n2)nc1)N1CCC(N2CCN(C)CC2)CC1. The Morgan fingerprint density at radius 3 is 2.34 bits per heavy atom. The predicted molar refractivity (Wildman–Crippen MR) is 170 cm³/mol.